The summed E-state index contributed by atoms with van der Waals surface area (Å²) in [6, 6.07) is 9.38. The van der Waals surface area contributed by atoms with E-state index in [4.69, 9.17) is 9.57 Å². The first-order chi connectivity index (χ1) is 13.8. The number of pyridine rings is 1. The highest BCUT2D eigenvalue weighted by Crippen LogP contribution is 2.44. The lowest BCUT2D eigenvalue weighted by atomic mass is 9.78. The van der Waals surface area contributed by atoms with E-state index in [1.54, 1.807) is 6.92 Å². The Morgan fingerprint density at radius 3 is 2.41 bits per heavy atom. The molecule has 6 atom stereocenters. The lowest BCUT2D eigenvalue weighted by Gasteiger charge is -2.42. The van der Waals surface area contributed by atoms with Crippen molar-refractivity contribution in [1.29, 1.82) is 0 Å². The van der Waals surface area contributed by atoms with E-state index >= 15 is 0 Å². The van der Waals surface area contributed by atoms with Crippen LogP contribution >= 0.6 is 0 Å². The topological polar surface area (TPSA) is 80.9 Å². The Balaban J connectivity index is 2.12. The van der Waals surface area contributed by atoms with Gasteiger partial charge < -0.3 is 19.8 Å². The fraction of sp³-hybridized carbons (Fsp3) is 0.522. The monoisotopic (exact) mass is 401 g/mol. The zero-order valence-electron chi connectivity index (χ0n) is 17.7. The van der Waals surface area contributed by atoms with Crippen molar-refractivity contribution in [3.8, 4) is 16.9 Å². The summed E-state index contributed by atoms with van der Waals surface area (Å²) in [6.45, 7) is 7.82. The molecule has 6 heteroatoms. The summed E-state index contributed by atoms with van der Waals surface area (Å²) in [4.78, 5) is 18.3. The number of aliphatic hydroxyl groups excluding tert-OH is 1. The van der Waals surface area contributed by atoms with Gasteiger partial charge in [0.25, 0.3) is 5.56 Å². The number of aliphatic hydroxyl groups is 1. The second-order valence-corrected chi connectivity index (χ2v) is 8.30. The van der Waals surface area contributed by atoms with Gasteiger partial charge in [0.2, 0.25) is 0 Å². The Morgan fingerprint density at radius 1 is 1.17 bits per heavy atom. The van der Waals surface area contributed by atoms with Crippen LogP contribution in [0, 0.1) is 17.8 Å². The first-order valence-corrected chi connectivity index (χ1v) is 10.2. The molecule has 0 saturated carbocycles. The maximum absolute atomic E-state index is 13.1. The van der Waals surface area contributed by atoms with Crippen LogP contribution < -0.4 is 10.4 Å². The largest absolute Gasteiger partial charge is 0.507 e. The third-order valence-corrected chi connectivity index (χ3v) is 6.16. The van der Waals surface area contributed by atoms with Gasteiger partial charge in [-0.1, -0.05) is 51.1 Å². The molecule has 158 valence electrons. The summed E-state index contributed by atoms with van der Waals surface area (Å²) in [5.74, 6) is 0.0841. The van der Waals surface area contributed by atoms with E-state index in [-0.39, 0.29) is 35.2 Å². The second-order valence-electron chi connectivity index (χ2n) is 8.30. The average molecular weight is 402 g/mol. The summed E-state index contributed by atoms with van der Waals surface area (Å²) in [6.07, 6.45) is 0.994. The molecule has 0 unspecified atom stereocenters. The lowest BCUT2D eigenvalue weighted by Crippen LogP contribution is -2.43. The molecule has 1 saturated heterocycles. The van der Waals surface area contributed by atoms with Crippen LogP contribution in [0.2, 0.25) is 0 Å². The molecule has 1 fully saturated rings. The minimum absolute atomic E-state index is 0.0254. The van der Waals surface area contributed by atoms with Crippen LogP contribution in [0.5, 0.6) is 5.75 Å². The van der Waals surface area contributed by atoms with Crippen LogP contribution in [0.3, 0.4) is 0 Å². The van der Waals surface area contributed by atoms with Gasteiger partial charge in [0.05, 0.1) is 30.1 Å². The van der Waals surface area contributed by atoms with E-state index in [1.165, 1.54) is 13.3 Å². The van der Waals surface area contributed by atoms with Crippen molar-refractivity contribution in [2.24, 2.45) is 17.8 Å². The first kappa shape index (κ1) is 21.4. The van der Waals surface area contributed by atoms with Gasteiger partial charge in [0, 0.05) is 11.5 Å². The molecule has 3 rings (SSSR count). The summed E-state index contributed by atoms with van der Waals surface area (Å²) < 4.78 is 7.52. The highest BCUT2D eigenvalue weighted by Gasteiger charge is 2.41. The molecule has 1 aliphatic heterocycles. The van der Waals surface area contributed by atoms with Crippen molar-refractivity contribution in [3.63, 3.8) is 0 Å². The smallest absolute Gasteiger partial charge is 0.292 e. The normalized spacial score (nSPS) is 26.7. The van der Waals surface area contributed by atoms with Gasteiger partial charge in [-0.3, -0.25) is 4.79 Å². The van der Waals surface area contributed by atoms with E-state index in [0.29, 0.717) is 5.56 Å². The molecule has 0 bridgehead atoms. The standard InChI is InChI=1S/C23H31NO5/c1-13-11-14(2)22(29-21(13)15(3)16(4)25)19-20(26)18(12-24(28-5)23(19)27)17-9-7-6-8-10-17/h6-10,12-16,21-22,25-26H,11H2,1-5H3/t13-,14+,15-,16-,21+,22+/m0/s1. The maximum atomic E-state index is 13.1. The quantitative estimate of drug-likeness (QED) is 0.803. The van der Waals surface area contributed by atoms with Crippen LogP contribution in [-0.2, 0) is 4.74 Å². The highest BCUT2D eigenvalue weighted by atomic mass is 16.6. The number of ether oxygens (including phenoxy) is 1. The van der Waals surface area contributed by atoms with Crippen molar-refractivity contribution >= 4 is 0 Å². The van der Waals surface area contributed by atoms with E-state index in [1.807, 2.05) is 44.2 Å². The first-order valence-electron chi connectivity index (χ1n) is 10.2. The Labute approximate surface area is 171 Å². The number of nitrogens with zero attached hydrogens (tertiary/aromatic N) is 1. The van der Waals surface area contributed by atoms with Gasteiger partial charge in [-0.25, -0.2) is 0 Å². The van der Waals surface area contributed by atoms with Gasteiger partial charge >= 0.3 is 0 Å². The highest BCUT2D eigenvalue weighted by molar-refractivity contribution is 5.70. The molecule has 0 spiro atoms. The molecule has 2 heterocycles. The van der Waals surface area contributed by atoms with E-state index in [2.05, 4.69) is 6.92 Å². The minimum atomic E-state index is -0.588. The summed E-state index contributed by atoms with van der Waals surface area (Å²) in [7, 11) is 1.42. The van der Waals surface area contributed by atoms with E-state index in [0.717, 1.165) is 16.7 Å². The number of hydrogen-bond acceptors (Lipinski definition) is 5. The molecule has 0 aliphatic carbocycles. The fourth-order valence-corrected chi connectivity index (χ4v) is 4.37. The predicted octanol–water partition coefficient (Wildman–Crippen LogP) is 3.40. The van der Waals surface area contributed by atoms with Crippen LogP contribution in [0.4, 0.5) is 0 Å². The molecule has 1 aliphatic rings. The van der Waals surface area contributed by atoms with E-state index in [9.17, 15) is 15.0 Å². The number of aromatic hydroxyl groups is 1. The van der Waals surface area contributed by atoms with Gasteiger partial charge in [-0.15, -0.1) is 0 Å². The van der Waals surface area contributed by atoms with Crippen molar-refractivity contribution in [2.45, 2.75) is 52.4 Å². The van der Waals surface area contributed by atoms with Crippen molar-refractivity contribution < 1.29 is 19.8 Å². The maximum Gasteiger partial charge on any atom is 0.292 e. The van der Waals surface area contributed by atoms with Crippen LogP contribution in [0.25, 0.3) is 11.1 Å². The molecule has 2 aromatic rings. The average Bonchev–Trinajstić information content (AvgIpc) is 2.69. The molecule has 6 nitrogen and oxygen atoms in total. The van der Waals surface area contributed by atoms with Crippen LogP contribution in [-0.4, -0.2) is 34.3 Å². The van der Waals surface area contributed by atoms with E-state index < -0.39 is 17.8 Å². The molecule has 0 amide bonds. The zero-order valence-corrected chi connectivity index (χ0v) is 17.7. The minimum Gasteiger partial charge on any atom is -0.507 e. The van der Waals surface area contributed by atoms with Crippen LogP contribution in [0.15, 0.2) is 41.3 Å². The van der Waals surface area contributed by atoms with Gasteiger partial charge in [0.15, 0.2) is 0 Å². The number of rotatable bonds is 5. The molecular formula is C23H31NO5. The molecule has 1 aromatic heterocycles. The summed E-state index contributed by atoms with van der Waals surface area (Å²) in [5.41, 5.74) is 1.06. The SMILES string of the molecule is COn1cc(-c2ccccc2)c(O)c([C@@H]2O[C@@H]([C@@H](C)[C@H](C)O)[C@@H](C)C[C@H]2C)c1=O. The molecule has 2 N–H and O–H groups in total. The Morgan fingerprint density at radius 2 is 1.83 bits per heavy atom. The third-order valence-electron chi connectivity index (χ3n) is 6.16. The molecular weight excluding hydrogens is 370 g/mol. The van der Waals surface area contributed by atoms with Gasteiger partial charge in [-0.05, 0) is 30.7 Å². The number of hydrogen-bond donors (Lipinski definition) is 2. The van der Waals surface area contributed by atoms with Crippen LogP contribution in [0.1, 0.15) is 45.8 Å². The van der Waals surface area contributed by atoms with Crippen molar-refractivity contribution in [1.82, 2.24) is 4.73 Å². The Hall–Kier alpha value is -2.31. The fourth-order valence-electron chi connectivity index (χ4n) is 4.37. The Bertz CT molecular complexity index is 892. The molecule has 29 heavy (non-hydrogen) atoms. The number of aromatic nitrogens is 1. The zero-order chi connectivity index (χ0) is 21.3. The second kappa shape index (κ2) is 8.59. The van der Waals surface area contributed by atoms with Gasteiger partial charge in [-0.2, -0.15) is 4.73 Å². The molecule has 0 radical (unpaired) electrons. The van der Waals surface area contributed by atoms with Crippen molar-refractivity contribution in [3.05, 3.63) is 52.4 Å². The molecule has 1 aromatic carbocycles. The predicted molar refractivity (Wildman–Crippen MR) is 112 cm³/mol. The van der Waals surface area contributed by atoms with Gasteiger partial charge in [0.1, 0.15) is 12.9 Å². The third kappa shape index (κ3) is 4.05. The summed E-state index contributed by atoms with van der Waals surface area (Å²) >= 11 is 0. The Kier molecular flexibility index (Phi) is 6.34. The van der Waals surface area contributed by atoms with Crippen molar-refractivity contribution in [2.75, 3.05) is 7.11 Å². The summed E-state index contributed by atoms with van der Waals surface area (Å²) in [5, 5.41) is 21.2. The lowest BCUT2D eigenvalue weighted by molar-refractivity contribution is -0.146. The number of benzene rings is 1.